The van der Waals surface area contributed by atoms with Gasteiger partial charge >= 0.3 is 0 Å². The monoisotopic (exact) mass is 437 g/mol. The number of ether oxygens (including phenoxy) is 1. The highest BCUT2D eigenvalue weighted by Gasteiger charge is 2.46. The Kier molecular flexibility index (Phi) is 4.14. The van der Waals surface area contributed by atoms with Crippen LogP contribution >= 0.6 is 0 Å². The van der Waals surface area contributed by atoms with Crippen molar-refractivity contribution in [3.05, 3.63) is 59.3 Å². The Labute approximate surface area is 193 Å². The lowest BCUT2D eigenvalue weighted by atomic mass is 9.84. The molecule has 0 radical (unpaired) electrons. The van der Waals surface area contributed by atoms with Crippen LogP contribution in [-0.2, 0) is 25.8 Å². The number of hydrogen-bond donors (Lipinski definition) is 0. The summed E-state index contributed by atoms with van der Waals surface area (Å²) in [5.41, 5.74) is 9.78. The molecule has 1 fully saturated rings. The standard InChI is InChI=1S/C27H27N5O/c1-17-10-23-24(31-17)12-19(14-28-23)18-2-3-25-20(11-18)15-32(8-9-33-25)26-21-13-27(6-7-27)5-4-22(21)29-16-30-26/h2-3,11-12,14,16H,4-10,13,15H2,1H3. The van der Waals surface area contributed by atoms with E-state index in [4.69, 9.17) is 9.72 Å². The van der Waals surface area contributed by atoms with E-state index >= 15 is 0 Å². The van der Waals surface area contributed by atoms with Gasteiger partial charge in [-0.25, -0.2) is 9.97 Å². The van der Waals surface area contributed by atoms with Crippen LogP contribution < -0.4 is 9.64 Å². The zero-order valence-corrected chi connectivity index (χ0v) is 19.0. The fourth-order valence-corrected chi connectivity index (χ4v) is 5.67. The van der Waals surface area contributed by atoms with Gasteiger partial charge in [0.2, 0.25) is 0 Å². The van der Waals surface area contributed by atoms with Crippen molar-refractivity contribution < 1.29 is 4.74 Å². The number of pyridine rings is 1. The molecule has 1 saturated carbocycles. The van der Waals surface area contributed by atoms with Gasteiger partial charge in [0, 0.05) is 47.3 Å². The summed E-state index contributed by atoms with van der Waals surface area (Å²) in [5, 5.41) is 0. The highest BCUT2D eigenvalue weighted by Crippen LogP contribution is 2.55. The molecular formula is C27H27N5O. The van der Waals surface area contributed by atoms with Crippen molar-refractivity contribution in [2.45, 2.75) is 52.0 Å². The Hall–Kier alpha value is -3.28. The summed E-state index contributed by atoms with van der Waals surface area (Å²) in [5.74, 6) is 2.07. The first-order valence-electron chi connectivity index (χ1n) is 12.0. The van der Waals surface area contributed by atoms with Gasteiger partial charge in [-0.2, -0.15) is 0 Å². The molecule has 6 nitrogen and oxygen atoms in total. The number of aryl methyl sites for hydroxylation is 1. The number of aliphatic imine (C=N–C) groups is 1. The van der Waals surface area contributed by atoms with E-state index in [1.54, 1.807) is 6.33 Å². The minimum absolute atomic E-state index is 0.529. The fourth-order valence-electron chi connectivity index (χ4n) is 5.67. The van der Waals surface area contributed by atoms with Crippen molar-refractivity contribution in [1.29, 1.82) is 0 Å². The van der Waals surface area contributed by atoms with E-state index in [-0.39, 0.29) is 0 Å². The molecule has 1 aromatic carbocycles. The van der Waals surface area contributed by atoms with E-state index in [2.05, 4.69) is 51.0 Å². The van der Waals surface area contributed by atoms with Crippen molar-refractivity contribution in [3.8, 4) is 16.9 Å². The third kappa shape index (κ3) is 3.31. The molecule has 4 heterocycles. The average Bonchev–Trinajstić information content (AvgIpc) is 3.52. The molecule has 0 amide bonds. The SMILES string of the molecule is CC1=Nc2cc(-c3ccc4c(c3)CN(c3ncnc5c3CC3(CC5)CC3)CCO4)cnc2C1. The molecule has 0 atom stereocenters. The number of rotatable bonds is 2. The molecule has 0 N–H and O–H groups in total. The van der Waals surface area contributed by atoms with E-state index in [1.807, 2.05) is 6.20 Å². The highest BCUT2D eigenvalue weighted by atomic mass is 16.5. The molecular weight excluding hydrogens is 410 g/mol. The first-order valence-corrected chi connectivity index (χ1v) is 12.0. The molecule has 7 rings (SSSR count). The maximum Gasteiger partial charge on any atom is 0.135 e. The molecule has 4 aliphatic rings. The summed E-state index contributed by atoms with van der Waals surface area (Å²) in [6, 6.07) is 8.64. The quantitative estimate of drug-likeness (QED) is 0.573. The van der Waals surface area contributed by atoms with Crippen molar-refractivity contribution >= 4 is 17.2 Å². The molecule has 0 bridgehead atoms. The first-order chi connectivity index (χ1) is 16.2. The summed E-state index contributed by atoms with van der Waals surface area (Å²) in [6.45, 7) is 4.33. The molecule has 3 aromatic rings. The second-order valence-electron chi connectivity index (χ2n) is 10.1. The Morgan fingerprint density at radius 1 is 1.00 bits per heavy atom. The second-order valence-corrected chi connectivity index (χ2v) is 10.1. The van der Waals surface area contributed by atoms with E-state index in [9.17, 15) is 0 Å². The van der Waals surface area contributed by atoms with Crippen LogP contribution in [0.5, 0.6) is 5.75 Å². The molecule has 1 spiro atoms. The molecule has 0 unspecified atom stereocenters. The maximum absolute atomic E-state index is 6.15. The third-order valence-electron chi connectivity index (χ3n) is 7.77. The van der Waals surface area contributed by atoms with E-state index in [0.29, 0.717) is 12.0 Å². The Bertz CT molecular complexity index is 1310. The van der Waals surface area contributed by atoms with Gasteiger partial charge in [0.1, 0.15) is 24.5 Å². The maximum atomic E-state index is 6.15. The lowest BCUT2D eigenvalue weighted by Gasteiger charge is -2.29. The molecule has 6 heteroatoms. The summed E-state index contributed by atoms with van der Waals surface area (Å²) in [4.78, 5) is 21.1. The Morgan fingerprint density at radius 2 is 1.94 bits per heavy atom. The molecule has 33 heavy (non-hydrogen) atoms. The largest absolute Gasteiger partial charge is 0.491 e. The van der Waals surface area contributed by atoms with Gasteiger partial charge in [-0.3, -0.25) is 9.98 Å². The zero-order valence-electron chi connectivity index (χ0n) is 19.0. The predicted molar refractivity (Wildman–Crippen MR) is 128 cm³/mol. The highest BCUT2D eigenvalue weighted by molar-refractivity contribution is 5.92. The van der Waals surface area contributed by atoms with Crippen molar-refractivity contribution in [1.82, 2.24) is 15.0 Å². The van der Waals surface area contributed by atoms with Gasteiger partial charge in [0.25, 0.3) is 0 Å². The van der Waals surface area contributed by atoms with Gasteiger partial charge in [-0.1, -0.05) is 6.07 Å². The van der Waals surface area contributed by atoms with Crippen LogP contribution in [0.3, 0.4) is 0 Å². The van der Waals surface area contributed by atoms with Crippen LogP contribution in [0.2, 0.25) is 0 Å². The molecule has 0 saturated heterocycles. The molecule has 166 valence electrons. The summed E-state index contributed by atoms with van der Waals surface area (Å²) >= 11 is 0. The second kappa shape index (κ2) is 7.11. The van der Waals surface area contributed by atoms with Gasteiger partial charge in [0.15, 0.2) is 0 Å². The number of anilines is 1. The predicted octanol–water partition coefficient (Wildman–Crippen LogP) is 4.86. The number of hydrogen-bond acceptors (Lipinski definition) is 6. The van der Waals surface area contributed by atoms with E-state index < -0.39 is 0 Å². The first kappa shape index (κ1) is 19.2. The van der Waals surface area contributed by atoms with Gasteiger partial charge in [-0.15, -0.1) is 0 Å². The smallest absolute Gasteiger partial charge is 0.135 e. The lowest BCUT2D eigenvalue weighted by molar-refractivity contribution is 0.331. The van der Waals surface area contributed by atoms with Gasteiger partial charge in [0.05, 0.1) is 17.9 Å². The third-order valence-corrected chi connectivity index (χ3v) is 7.77. The number of benzene rings is 1. The summed E-state index contributed by atoms with van der Waals surface area (Å²) < 4.78 is 6.15. The average molecular weight is 438 g/mol. The fraction of sp³-hybridized carbons (Fsp3) is 0.407. The summed E-state index contributed by atoms with van der Waals surface area (Å²) in [6.07, 6.45) is 10.8. The summed E-state index contributed by atoms with van der Waals surface area (Å²) in [7, 11) is 0. The molecule has 2 aliphatic heterocycles. The normalized spacial score (nSPS) is 19.8. The van der Waals surface area contributed by atoms with Crippen LogP contribution in [0.15, 0.2) is 41.8 Å². The zero-order chi connectivity index (χ0) is 22.0. The van der Waals surface area contributed by atoms with Crippen LogP contribution in [0.4, 0.5) is 11.5 Å². The van der Waals surface area contributed by atoms with Crippen molar-refractivity contribution in [2.75, 3.05) is 18.1 Å². The molecule has 2 aliphatic carbocycles. The van der Waals surface area contributed by atoms with Gasteiger partial charge in [-0.05, 0) is 68.2 Å². The number of aromatic nitrogens is 3. The van der Waals surface area contributed by atoms with Crippen LogP contribution in [0, 0.1) is 5.41 Å². The van der Waals surface area contributed by atoms with Crippen LogP contribution in [0.1, 0.15) is 48.7 Å². The van der Waals surface area contributed by atoms with E-state index in [1.165, 1.54) is 36.1 Å². The van der Waals surface area contributed by atoms with Crippen molar-refractivity contribution in [2.24, 2.45) is 10.4 Å². The Morgan fingerprint density at radius 3 is 2.85 bits per heavy atom. The van der Waals surface area contributed by atoms with E-state index in [0.717, 1.165) is 72.1 Å². The minimum Gasteiger partial charge on any atom is -0.491 e. The van der Waals surface area contributed by atoms with Gasteiger partial charge < -0.3 is 9.64 Å². The number of fused-ring (bicyclic) bond motifs is 3. The lowest BCUT2D eigenvalue weighted by Crippen LogP contribution is -2.29. The minimum atomic E-state index is 0.529. The topological polar surface area (TPSA) is 63.5 Å². The van der Waals surface area contributed by atoms with Crippen molar-refractivity contribution in [3.63, 3.8) is 0 Å². The number of nitrogens with zero attached hydrogens (tertiary/aromatic N) is 5. The molecule has 2 aromatic heterocycles. The van der Waals surface area contributed by atoms with Crippen LogP contribution in [-0.4, -0.2) is 33.8 Å². The van der Waals surface area contributed by atoms with Crippen LogP contribution in [0.25, 0.3) is 11.1 Å². The Balaban J connectivity index is 1.23.